The van der Waals surface area contributed by atoms with Crippen LogP contribution in [0.4, 0.5) is 0 Å². The Morgan fingerprint density at radius 1 is 1.11 bits per heavy atom. The molecule has 110 valence electrons. The van der Waals surface area contributed by atoms with E-state index in [1.165, 1.54) is 0 Å². The van der Waals surface area contributed by atoms with Gasteiger partial charge in [-0.3, -0.25) is 14.4 Å². The molecular formula is C13H25N3O3. The van der Waals surface area contributed by atoms with Gasteiger partial charge in [0, 0.05) is 19.4 Å². The number of amides is 3. The van der Waals surface area contributed by atoms with Crippen LogP contribution in [0.25, 0.3) is 0 Å². The molecule has 0 aromatic carbocycles. The molecule has 4 N–H and O–H groups in total. The van der Waals surface area contributed by atoms with E-state index in [2.05, 4.69) is 17.6 Å². The van der Waals surface area contributed by atoms with Gasteiger partial charge in [-0.1, -0.05) is 19.8 Å². The highest BCUT2D eigenvalue weighted by molar-refractivity contribution is 5.88. The number of nitrogens with one attached hydrogen (secondary N) is 2. The minimum atomic E-state index is -0.679. The molecule has 0 fully saturated rings. The Kier molecular flexibility index (Phi) is 9.48. The molecule has 6 nitrogen and oxygen atoms in total. The summed E-state index contributed by atoms with van der Waals surface area (Å²) in [7, 11) is 0. The average molecular weight is 271 g/mol. The van der Waals surface area contributed by atoms with Crippen LogP contribution in [0.1, 0.15) is 52.4 Å². The summed E-state index contributed by atoms with van der Waals surface area (Å²) < 4.78 is 0. The van der Waals surface area contributed by atoms with Crippen molar-refractivity contribution < 1.29 is 14.4 Å². The van der Waals surface area contributed by atoms with Gasteiger partial charge >= 0.3 is 0 Å². The number of unbranched alkanes of at least 4 members (excludes halogenated alkanes) is 2. The Morgan fingerprint density at radius 2 is 1.79 bits per heavy atom. The van der Waals surface area contributed by atoms with Crippen molar-refractivity contribution in [2.24, 2.45) is 5.73 Å². The van der Waals surface area contributed by atoms with Crippen molar-refractivity contribution in [2.45, 2.75) is 58.4 Å². The molecule has 0 saturated heterocycles. The van der Waals surface area contributed by atoms with E-state index < -0.39 is 11.9 Å². The summed E-state index contributed by atoms with van der Waals surface area (Å²) in [5.41, 5.74) is 5.06. The number of carbonyl (C=O) groups excluding carboxylic acids is 3. The number of nitrogens with two attached hydrogens (primary N) is 1. The van der Waals surface area contributed by atoms with Crippen molar-refractivity contribution >= 4 is 17.7 Å². The fourth-order valence-electron chi connectivity index (χ4n) is 1.65. The first-order valence-corrected chi connectivity index (χ1v) is 6.86. The first-order chi connectivity index (χ1) is 9.01. The largest absolute Gasteiger partial charge is 0.370 e. The average Bonchev–Trinajstić information content (AvgIpc) is 2.34. The van der Waals surface area contributed by atoms with E-state index in [-0.39, 0.29) is 24.7 Å². The lowest BCUT2D eigenvalue weighted by Crippen LogP contribution is -2.47. The zero-order valence-corrected chi connectivity index (χ0v) is 11.8. The number of likely N-dealkylation sites (N-methyl/N-ethyl adjacent to an activating group) is 1. The molecule has 0 aliphatic rings. The smallest absolute Gasteiger partial charge is 0.242 e. The summed E-state index contributed by atoms with van der Waals surface area (Å²) in [6.07, 6.45) is 3.55. The highest BCUT2D eigenvalue weighted by Crippen LogP contribution is 2.02. The van der Waals surface area contributed by atoms with Crippen LogP contribution in [0.15, 0.2) is 0 Å². The molecule has 0 aliphatic heterocycles. The molecule has 0 bridgehead atoms. The van der Waals surface area contributed by atoms with E-state index in [4.69, 9.17) is 5.73 Å². The van der Waals surface area contributed by atoms with Crippen LogP contribution in [0.2, 0.25) is 0 Å². The molecule has 3 amide bonds. The third-order valence-corrected chi connectivity index (χ3v) is 2.69. The fourth-order valence-corrected chi connectivity index (χ4v) is 1.65. The van der Waals surface area contributed by atoms with Crippen LogP contribution in [-0.2, 0) is 14.4 Å². The number of hydrogen-bond donors (Lipinski definition) is 3. The molecule has 0 unspecified atom stereocenters. The predicted octanol–water partition coefficient (Wildman–Crippen LogP) is 0.453. The predicted molar refractivity (Wildman–Crippen MR) is 73.2 cm³/mol. The van der Waals surface area contributed by atoms with Crippen LogP contribution in [0.3, 0.4) is 0 Å². The lowest BCUT2D eigenvalue weighted by molar-refractivity contribution is -0.129. The van der Waals surface area contributed by atoms with Crippen molar-refractivity contribution in [3.63, 3.8) is 0 Å². The van der Waals surface area contributed by atoms with Crippen molar-refractivity contribution in [3.8, 4) is 0 Å². The maximum absolute atomic E-state index is 11.7. The van der Waals surface area contributed by atoms with Gasteiger partial charge in [-0.25, -0.2) is 0 Å². The first-order valence-electron chi connectivity index (χ1n) is 6.86. The van der Waals surface area contributed by atoms with Crippen molar-refractivity contribution in [1.82, 2.24) is 10.6 Å². The van der Waals surface area contributed by atoms with Crippen molar-refractivity contribution in [2.75, 3.05) is 6.54 Å². The highest BCUT2D eigenvalue weighted by Gasteiger charge is 2.20. The molecule has 0 aliphatic carbocycles. The SMILES string of the molecule is CCCCCC(=O)N[C@@H](CCC(N)=O)C(=O)NCC. The molecule has 0 aromatic heterocycles. The van der Waals surface area contributed by atoms with E-state index in [0.717, 1.165) is 19.3 Å². The van der Waals surface area contributed by atoms with E-state index in [1.807, 2.05) is 0 Å². The normalized spacial score (nSPS) is 11.7. The Morgan fingerprint density at radius 3 is 2.32 bits per heavy atom. The van der Waals surface area contributed by atoms with Gasteiger partial charge in [0.15, 0.2) is 0 Å². The second kappa shape index (κ2) is 10.3. The van der Waals surface area contributed by atoms with E-state index >= 15 is 0 Å². The third kappa shape index (κ3) is 9.04. The van der Waals surface area contributed by atoms with Gasteiger partial charge < -0.3 is 16.4 Å². The van der Waals surface area contributed by atoms with Crippen LogP contribution >= 0.6 is 0 Å². The van der Waals surface area contributed by atoms with Crippen LogP contribution in [0.5, 0.6) is 0 Å². The quantitative estimate of drug-likeness (QED) is 0.503. The monoisotopic (exact) mass is 271 g/mol. The lowest BCUT2D eigenvalue weighted by atomic mass is 10.1. The maximum Gasteiger partial charge on any atom is 0.242 e. The number of primary amides is 1. The molecule has 0 saturated carbocycles. The molecule has 0 aromatic rings. The van der Waals surface area contributed by atoms with Gasteiger partial charge in [0.1, 0.15) is 6.04 Å². The maximum atomic E-state index is 11.7. The highest BCUT2D eigenvalue weighted by atomic mass is 16.2. The van der Waals surface area contributed by atoms with Crippen LogP contribution in [-0.4, -0.2) is 30.3 Å². The minimum absolute atomic E-state index is 0.0804. The van der Waals surface area contributed by atoms with Gasteiger partial charge in [-0.05, 0) is 19.8 Å². The zero-order valence-electron chi connectivity index (χ0n) is 11.8. The molecular weight excluding hydrogens is 246 g/mol. The summed E-state index contributed by atoms with van der Waals surface area (Å²) in [5, 5.41) is 5.29. The molecule has 1 atom stereocenters. The van der Waals surface area contributed by atoms with Crippen molar-refractivity contribution in [1.29, 1.82) is 0 Å². The second-order valence-corrected chi connectivity index (χ2v) is 4.48. The minimum Gasteiger partial charge on any atom is -0.370 e. The first kappa shape index (κ1) is 17.4. The summed E-state index contributed by atoms with van der Waals surface area (Å²) in [6, 6.07) is -0.679. The van der Waals surface area contributed by atoms with E-state index in [1.54, 1.807) is 6.92 Å². The van der Waals surface area contributed by atoms with Gasteiger partial charge in [0.05, 0.1) is 0 Å². The molecule has 0 heterocycles. The molecule has 0 spiro atoms. The van der Waals surface area contributed by atoms with E-state index in [0.29, 0.717) is 13.0 Å². The molecule has 6 heteroatoms. The third-order valence-electron chi connectivity index (χ3n) is 2.69. The van der Waals surface area contributed by atoms with Crippen LogP contribution < -0.4 is 16.4 Å². The molecule has 0 rings (SSSR count). The Balaban J connectivity index is 4.27. The molecule has 19 heavy (non-hydrogen) atoms. The van der Waals surface area contributed by atoms with Gasteiger partial charge in [-0.15, -0.1) is 0 Å². The number of hydrogen-bond acceptors (Lipinski definition) is 3. The van der Waals surface area contributed by atoms with Crippen LogP contribution in [0, 0.1) is 0 Å². The van der Waals surface area contributed by atoms with Crippen molar-refractivity contribution in [3.05, 3.63) is 0 Å². The Labute approximate surface area is 114 Å². The van der Waals surface area contributed by atoms with Gasteiger partial charge in [0.25, 0.3) is 0 Å². The summed E-state index contributed by atoms with van der Waals surface area (Å²) in [6.45, 7) is 4.34. The molecule has 0 radical (unpaired) electrons. The fraction of sp³-hybridized carbons (Fsp3) is 0.769. The summed E-state index contributed by atoms with van der Waals surface area (Å²) >= 11 is 0. The Hall–Kier alpha value is -1.59. The standard InChI is InChI=1S/C13H25N3O3/c1-3-5-6-7-12(18)16-10(8-9-11(14)17)13(19)15-4-2/h10H,3-9H2,1-2H3,(H2,14,17)(H,15,19)(H,16,18)/t10-/m0/s1. The van der Waals surface area contributed by atoms with Gasteiger partial charge in [0.2, 0.25) is 17.7 Å². The number of rotatable bonds is 10. The second-order valence-electron chi connectivity index (χ2n) is 4.48. The lowest BCUT2D eigenvalue weighted by Gasteiger charge is -2.17. The zero-order chi connectivity index (χ0) is 14.7. The van der Waals surface area contributed by atoms with Gasteiger partial charge in [-0.2, -0.15) is 0 Å². The summed E-state index contributed by atoms with van der Waals surface area (Å²) in [5.74, 6) is -0.906. The number of carbonyl (C=O) groups is 3. The topological polar surface area (TPSA) is 101 Å². The Bertz CT molecular complexity index is 306. The summed E-state index contributed by atoms with van der Waals surface area (Å²) in [4.78, 5) is 34.2. The van der Waals surface area contributed by atoms with E-state index in [9.17, 15) is 14.4 Å².